The minimum atomic E-state index is -0.205. The van der Waals surface area contributed by atoms with Gasteiger partial charge in [0.25, 0.3) is 0 Å². The Morgan fingerprint density at radius 2 is 2.30 bits per heavy atom. The predicted molar refractivity (Wildman–Crippen MR) is 77.9 cm³/mol. The van der Waals surface area contributed by atoms with Crippen LogP contribution in [0.4, 0.5) is 5.82 Å². The Morgan fingerprint density at radius 3 is 3.10 bits per heavy atom. The molecule has 5 nitrogen and oxygen atoms in total. The number of nitrogens with zero attached hydrogens (tertiary/aromatic N) is 1. The fourth-order valence-electron chi connectivity index (χ4n) is 2.47. The summed E-state index contributed by atoms with van der Waals surface area (Å²) in [5.41, 5.74) is 0. The average molecular weight is 271 g/mol. The molecule has 1 unspecified atom stereocenters. The molecule has 1 aliphatic heterocycles. The van der Waals surface area contributed by atoms with E-state index in [1.54, 1.807) is 13.3 Å². The summed E-state index contributed by atoms with van der Waals surface area (Å²) in [6.07, 6.45) is 3.56. The van der Waals surface area contributed by atoms with Gasteiger partial charge in [0.05, 0.1) is 7.11 Å². The number of methoxy groups -OCH3 is 1. The Hall–Kier alpha value is -2.30. The molecular weight excluding hydrogens is 254 g/mol. The van der Waals surface area contributed by atoms with Gasteiger partial charge in [-0.3, -0.25) is 4.79 Å². The molecule has 1 atom stereocenters. The predicted octanol–water partition coefficient (Wildman–Crippen LogP) is 1.93. The number of rotatable bonds is 3. The molecular formula is C15H17N3O2. The minimum absolute atomic E-state index is 0.0450. The van der Waals surface area contributed by atoms with E-state index in [4.69, 9.17) is 4.74 Å². The molecule has 1 aromatic carbocycles. The van der Waals surface area contributed by atoms with Gasteiger partial charge in [-0.15, -0.1) is 0 Å². The van der Waals surface area contributed by atoms with Gasteiger partial charge in [0.15, 0.2) is 0 Å². The molecule has 2 heterocycles. The number of aromatic nitrogens is 1. The number of pyridine rings is 1. The van der Waals surface area contributed by atoms with Crippen LogP contribution in [-0.2, 0) is 4.79 Å². The highest BCUT2D eigenvalue weighted by atomic mass is 16.5. The normalized spacial score (nSPS) is 18.6. The molecule has 3 rings (SSSR count). The molecule has 0 saturated carbocycles. The quantitative estimate of drug-likeness (QED) is 0.895. The number of amides is 1. The Bertz CT molecular complexity index is 642. The van der Waals surface area contributed by atoms with Crippen LogP contribution in [-0.4, -0.2) is 30.6 Å². The van der Waals surface area contributed by atoms with Gasteiger partial charge in [-0.05, 0) is 42.5 Å². The van der Waals surface area contributed by atoms with Crippen LogP contribution in [0.5, 0.6) is 5.75 Å². The summed E-state index contributed by atoms with van der Waals surface area (Å²) in [5.74, 6) is 1.60. The zero-order valence-corrected chi connectivity index (χ0v) is 11.3. The summed E-state index contributed by atoms with van der Waals surface area (Å²) in [6.45, 7) is 0.761. The largest absolute Gasteiger partial charge is 0.497 e. The molecule has 1 amide bonds. The van der Waals surface area contributed by atoms with Gasteiger partial charge in [0, 0.05) is 18.1 Å². The molecule has 20 heavy (non-hydrogen) atoms. The van der Waals surface area contributed by atoms with E-state index >= 15 is 0 Å². The van der Waals surface area contributed by atoms with Crippen LogP contribution in [0.1, 0.15) is 12.8 Å². The second-order valence-electron chi connectivity index (χ2n) is 4.88. The van der Waals surface area contributed by atoms with E-state index in [2.05, 4.69) is 15.6 Å². The number of hydrogen-bond acceptors (Lipinski definition) is 4. The van der Waals surface area contributed by atoms with Crippen LogP contribution >= 0.6 is 0 Å². The maximum absolute atomic E-state index is 11.8. The SMILES string of the molecule is COc1ccc2c(NC3CCCNC3=O)nccc2c1. The first-order chi connectivity index (χ1) is 9.78. The monoisotopic (exact) mass is 271 g/mol. The maximum Gasteiger partial charge on any atom is 0.242 e. The number of carbonyl (C=O) groups excluding carboxylic acids is 1. The number of carbonyl (C=O) groups is 1. The third-order valence-corrected chi connectivity index (χ3v) is 3.57. The molecule has 2 aromatic rings. The number of ether oxygens (including phenoxy) is 1. The van der Waals surface area contributed by atoms with Crippen LogP contribution in [0.25, 0.3) is 10.8 Å². The van der Waals surface area contributed by atoms with Gasteiger partial charge in [0.2, 0.25) is 5.91 Å². The lowest BCUT2D eigenvalue weighted by Gasteiger charge is -2.23. The van der Waals surface area contributed by atoms with Crippen molar-refractivity contribution < 1.29 is 9.53 Å². The third-order valence-electron chi connectivity index (χ3n) is 3.57. The number of hydrogen-bond donors (Lipinski definition) is 2. The van der Waals surface area contributed by atoms with E-state index in [-0.39, 0.29) is 11.9 Å². The Labute approximate surface area is 117 Å². The minimum Gasteiger partial charge on any atom is -0.497 e. The summed E-state index contributed by atoms with van der Waals surface area (Å²) < 4.78 is 5.22. The molecule has 0 radical (unpaired) electrons. The third kappa shape index (κ3) is 2.39. The number of fused-ring (bicyclic) bond motifs is 1. The summed E-state index contributed by atoms with van der Waals surface area (Å²) in [6, 6.07) is 7.55. The van der Waals surface area contributed by atoms with Crippen molar-refractivity contribution in [3.8, 4) is 5.75 Å². The van der Waals surface area contributed by atoms with Crippen LogP contribution in [0.2, 0.25) is 0 Å². The van der Waals surface area contributed by atoms with E-state index in [9.17, 15) is 4.79 Å². The van der Waals surface area contributed by atoms with Crippen molar-refractivity contribution in [1.29, 1.82) is 0 Å². The molecule has 0 bridgehead atoms. The molecule has 1 aliphatic rings. The fourth-order valence-corrected chi connectivity index (χ4v) is 2.47. The van der Waals surface area contributed by atoms with Gasteiger partial charge in [-0.2, -0.15) is 0 Å². The van der Waals surface area contributed by atoms with Gasteiger partial charge >= 0.3 is 0 Å². The molecule has 0 spiro atoms. The van der Waals surface area contributed by atoms with Crippen molar-refractivity contribution in [2.75, 3.05) is 19.0 Å². The standard InChI is InChI=1S/C15H17N3O2/c1-20-11-4-5-12-10(9-11)6-8-16-14(12)18-13-3-2-7-17-15(13)19/h4-6,8-9,13H,2-3,7H2,1H3,(H,16,18)(H,17,19). The molecule has 1 saturated heterocycles. The van der Waals surface area contributed by atoms with Gasteiger partial charge in [-0.25, -0.2) is 4.98 Å². The first-order valence-corrected chi connectivity index (χ1v) is 6.75. The molecule has 5 heteroatoms. The summed E-state index contributed by atoms with van der Waals surface area (Å²) >= 11 is 0. The van der Waals surface area contributed by atoms with E-state index in [1.165, 1.54) is 0 Å². The fraction of sp³-hybridized carbons (Fsp3) is 0.333. The van der Waals surface area contributed by atoms with Crippen LogP contribution in [0.3, 0.4) is 0 Å². The van der Waals surface area contributed by atoms with Crippen molar-refractivity contribution in [2.24, 2.45) is 0 Å². The first kappa shape index (κ1) is 12.7. The highest BCUT2D eigenvalue weighted by Gasteiger charge is 2.22. The van der Waals surface area contributed by atoms with E-state index in [0.717, 1.165) is 41.7 Å². The Balaban J connectivity index is 1.93. The summed E-state index contributed by atoms with van der Waals surface area (Å²) in [5, 5.41) is 8.15. The van der Waals surface area contributed by atoms with E-state index < -0.39 is 0 Å². The van der Waals surface area contributed by atoms with Gasteiger partial charge in [0.1, 0.15) is 17.6 Å². The Morgan fingerprint density at radius 1 is 1.40 bits per heavy atom. The van der Waals surface area contributed by atoms with E-state index in [1.807, 2.05) is 24.3 Å². The number of piperidine rings is 1. The highest BCUT2D eigenvalue weighted by molar-refractivity contribution is 5.94. The van der Waals surface area contributed by atoms with Crippen molar-refractivity contribution in [2.45, 2.75) is 18.9 Å². The molecule has 104 valence electrons. The van der Waals surface area contributed by atoms with Crippen molar-refractivity contribution >= 4 is 22.5 Å². The van der Waals surface area contributed by atoms with Crippen molar-refractivity contribution in [1.82, 2.24) is 10.3 Å². The molecule has 0 aliphatic carbocycles. The molecule has 1 aromatic heterocycles. The van der Waals surface area contributed by atoms with E-state index in [0.29, 0.717) is 0 Å². The lowest BCUT2D eigenvalue weighted by molar-refractivity contribution is -0.123. The van der Waals surface area contributed by atoms with Gasteiger partial charge < -0.3 is 15.4 Å². The van der Waals surface area contributed by atoms with Crippen molar-refractivity contribution in [3.63, 3.8) is 0 Å². The smallest absolute Gasteiger partial charge is 0.242 e. The first-order valence-electron chi connectivity index (χ1n) is 6.75. The lowest BCUT2D eigenvalue weighted by atomic mass is 10.1. The lowest BCUT2D eigenvalue weighted by Crippen LogP contribution is -2.44. The van der Waals surface area contributed by atoms with Crippen LogP contribution < -0.4 is 15.4 Å². The number of nitrogens with one attached hydrogen (secondary N) is 2. The Kier molecular flexibility index (Phi) is 3.41. The molecule has 2 N–H and O–H groups in total. The second kappa shape index (κ2) is 5.36. The van der Waals surface area contributed by atoms with Gasteiger partial charge in [-0.1, -0.05) is 0 Å². The van der Waals surface area contributed by atoms with Crippen LogP contribution in [0, 0.1) is 0 Å². The van der Waals surface area contributed by atoms with Crippen molar-refractivity contribution in [3.05, 3.63) is 30.5 Å². The second-order valence-corrected chi connectivity index (χ2v) is 4.88. The summed E-state index contributed by atoms with van der Waals surface area (Å²) in [4.78, 5) is 16.2. The zero-order valence-electron chi connectivity index (χ0n) is 11.3. The van der Waals surface area contributed by atoms with Crippen LogP contribution in [0.15, 0.2) is 30.5 Å². The number of anilines is 1. The topological polar surface area (TPSA) is 63.2 Å². The maximum atomic E-state index is 11.8. The number of benzene rings is 1. The summed E-state index contributed by atoms with van der Waals surface area (Å²) in [7, 11) is 1.65. The average Bonchev–Trinajstić information content (AvgIpc) is 2.49. The zero-order chi connectivity index (χ0) is 13.9. The molecule has 1 fully saturated rings. The highest BCUT2D eigenvalue weighted by Crippen LogP contribution is 2.26.